The monoisotopic (exact) mass is 352 g/mol. The van der Waals surface area contributed by atoms with E-state index in [2.05, 4.69) is 19.9 Å². The van der Waals surface area contributed by atoms with E-state index >= 15 is 0 Å². The van der Waals surface area contributed by atoms with Crippen LogP contribution < -0.4 is 0 Å². The van der Waals surface area contributed by atoms with Gasteiger partial charge in [-0.05, 0) is 19.3 Å². The smallest absolute Gasteiger partial charge is 0.310 e. The molecule has 0 saturated carbocycles. The molecule has 0 saturated heterocycles. The van der Waals surface area contributed by atoms with Crippen molar-refractivity contribution in [2.45, 2.75) is 123 Å². The second-order valence-corrected chi connectivity index (χ2v) is 7.55. The number of carboxylic acid groups (broad SMARTS) is 1. The fraction of sp³-hybridized carbons (Fsp3) is 0.870. The fourth-order valence-corrected chi connectivity index (χ4v) is 3.28. The van der Waals surface area contributed by atoms with E-state index in [1.165, 1.54) is 89.9 Å². The molecule has 0 fully saturated rings. The Hall–Kier alpha value is -0.790. The third kappa shape index (κ3) is 17.8. The van der Waals surface area contributed by atoms with E-state index in [4.69, 9.17) is 0 Å². The van der Waals surface area contributed by atoms with Crippen LogP contribution in [0.15, 0.2) is 12.2 Å². The van der Waals surface area contributed by atoms with Crippen molar-refractivity contribution < 1.29 is 9.90 Å². The number of hydrogen-bond donors (Lipinski definition) is 1. The summed E-state index contributed by atoms with van der Waals surface area (Å²) in [5, 5.41) is 9.30. The summed E-state index contributed by atoms with van der Waals surface area (Å²) in [4.78, 5) is 11.3. The molecule has 2 heteroatoms. The zero-order valence-electron chi connectivity index (χ0n) is 17.1. The molecule has 25 heavy (non-hydrogen) atoms. The molecule has 0 aliphatic heterocycles. The van der Waals surface area contributed by atoms with E-state index in [0.29, 0.717) is 0 Å². The number of allylic oxidation sites excluding steroid dienone is 1. The van der Waals surface area contributed by atoms with E-state index in [9.17, 15) is 9.90 Å². The van der Waals surface area contributed by atoms with Gasteiger partial charge in [0.2, 0.25) is 0 Å². The van der Waals surface area contributed by atoms with Gasteiger partial charge < -0.3 is 5.11 Å². The minimum atomic E-state index is -0.658. The lowest BCUT2D eigenvalue weighted by Gasteiger charge is -2.07. The maximum absolute atomic E-state index is 11.3. The van der Waals surface area contributed by atoms with Crippen LogP contribution in [0.2, 0.25) is 0 Å². The van der Waals surface area contributed by atoms with Gasteiger partial charge in [0, 0.05) is 0 Å². The minimum absolute atomic E-state index is 0.273. The molecule has 0 aromatic rings. The zero-order valence-corrected chi connectivity index (χ0v) is 17.1. The molecular formula is C23H44O2. The first-order chi connectivity index (χ1) is 12.2. The van der Waals surface area contributed by atoms with Crippen LogP contribution in [0.3, 0.4) is 0 Å². The Balaban J connectivity index is 3.49. The van der Waals surface area contributed by atoms with Gasteiger partial charge in [0.05, 0.1) is 5.92 Å². The third-order valence-corrected chi connectivity index (χ3v) is 5.03. The van der Waals surface area contributed by atoms with Crippen molar-refractivity contribution in [3.63, 3.8) is 0 Å². The summed E-state index contributed by atoms with van der Waals surface area (Å²) in [6, 6.07) is 0. The second-order valence-electron chi connectivity index (χ2n) is 7.55. The number of aliphatic carboxylic acids is 1. The predicted molar refractivity (Wildman–Crippen MR) is 110 cm³/mol. The molecule has 0 aromatic heterocycles. The van der Waals surface area contributed by atoms with Gasteiger partial charge >= 0.3 is 5.97 Å². The Labute approximate surface area is 157 Å². The summed E-state index contributed by atoms with van der Waals surface area (Å²) >= 11 is 0. The van der Waals surface area contributed by atoms with Crippen LogP contribution in [0.5, 0.6) is 0 Å². The molecule has 0 amide bonds. The lowest BCUT2D eigenvalue weighted by molar-refractivity contribution is -0.140. The molecule has 0 aromatic carbocycles. The van der Waals surface area contributed by atoms with Gasteiger partial charge in [0.15, 0.2) is 0 Å². The maximum Gasteiger partial charge on any atom is 0.310 e. The molecule has 148 valence electrons. The Morgan fingerprint density at radius 1 is 0.720 bits per heavy atom. The average molecular weight is 353 g/mol. The van der Waals surface area contributed by atoms with Crippen LogP contribution >= 0.6 is 0 Å². The fourth-order valence-electron chi connectivity index (χ4n) is 3.28. The van der Waals surface area contributed by atoms with Crippen molar-refractivity contribution in [3.8, 4) is 0 Å². The molecule has 0 heterocycles. The average Bonchev–Trinajstić information content (AvgIpc) is 2.60. The number of unbranched alkanes of at least 4 members (excludes halogenated alkanes) is 14. The van der Waals surface area contributed by atoms with Gasteiger partial charge in [-0.3, -0.25) is 4.79 Å². The van der Waals surface area contributed by atoms with Gasteiger partial charge in [0.25, 0.3) is 0 Å². The third-order valence-electron chi connectivity index (χ3n) is 5.03. The first-order valence-electron chi connectivity index (χ1n) is 11.1. The molecule has 1 atom stereocenters. The van der Waals surface area contributed by atoms with Crippen LogP contribution in [0.1, 0.15) is 123 Å². The summed E-state index contributed by atoms with van der Waals surface area (Å²) in [6.07, 6.45) is 25.4. The van der Waals surface area contributed by atoms with Crippen molar-refractivity contribution in [2.24, 2.45) is 5.92 Å². The summed E-state index contributed by atoms with van der Waals surface area (Å²) < 4.78 is 0. The highest BCUT2D eigenvalue weighted by atomic mass is 16.4. The molecule has 1 unspecified atom stereocenters. The zero-order chi connectivity index (χ0) is 18.6. The second kappa shape index (κ2) is 19.5. The lowest BCUT2D eigenvalue weighted by atomic mass is 9.99. The van der Waals surface area contributed by atoms with Crippen LogP contribution in [0.25, 0.3) is 0 Å². The molecule has 0 aliphatic carbocycles. The topological polar surface area (TPSA) is 37.3 Å². The number of hydrogen-bond acceptors (Lipinski definition) is 1. The minimum Gasteiger partial charge on any atom is -0.481 e. The standard InChI is InChI=1S/C23H44O2/c1-3-5-7-9-10-11-12-13-14-15-17-19-21-22(23(24)25)20-18-16-8-6-4-2/h18,20,22H,3-17,19,21H2,1-2H3,(H,24,25). The number of carbonyl (C=O) groups is 1. The molecule has 1 N–H and O–H groups in total. The van der Waals surface area contributed by atoms with Crippen molar-refractivity contribution >= 4 is 5.97 Å². The highest BCUT2D eigenvalue weighted by Gasteiger charge is 2.12. The first kappa shape index (κ1) is 24.2. The van der Waals surface area contributed by atoms with Crippen LogP contribution in [-0.4, -0.2) is 11.1 Å². The Kier molecular flexibility index (Phi) is 18.9. The Bertz CT molecular complexity index is 309. The van der Waals surface area contributed by atoms with E-state index in [-0.39, 0.29) is 5.92 Å². The largest absolute Gasteiger partial charge is 0.481 e. The van der Waals surface area contributed by atoms with E-state index in [1.807, 2.05) is 6.08 Å². The quantitative estimate of drug-likeness (QED) is 0.189. The predicted octanol–water partition coefficient (Wildman–Crippen LogP) is 7.91. The van der Waals surface area contributed by atoms with Crippen molar-refractivity contribution in [1.29, 1.82) is 0 Å². The first-order valence-corrected chi connectivity index (χ1v) is 11.1. The Morgan fingerprint density at radius 3 is 1.64 bits per heavy atom. The highest BCUT2D eigenvalue weighted by molar-refractivity contribution is 5.72. The van der Waals surface area contributed by atoms with Gasteiger partial charge in [-0.25, -0.2) is 0 Å². The normalized spacial score (nSPS) is 12.7. The van der Waals surface area contributed by atoms with Crippen molar-refractivity contribution in [1.82, 2.24) is 0 Å². The van der Waals surface area contributed by atoms with Crippen LogP contribution in [0, 0.1) is 5.92 Å². The summed E-state index contributed by atoms with van der Waals surface area (Å²) in [7, 11) is 0. The molecule has 2 nitrogen and oxygen atoms in total. The van der Waals surface area contributed by atoms with Gasteiger partial charge in [-0.2, -0.15) is 0 Å². The van der Waals surface area contributed by atoms with Gasteiger partial charge in [-0.15, -0.1) is 0 Å². The summed E-state index contributed by atoms with van der Waals surface area (Å²) in [6.45, 7) is 4.46. The molecule has 0 rings (SSSR count). The molecule has 0 bridgehead atoms. The number of carboxylic acids is 1. The van der Waals surface area contributed by atoms with E-state index in [0.717, 1.165) is 19.3 Å². The molecule has 0 aliphatic rings. The van der Waals surface area contributed by atoms with Crippen LogP contribution in [0.4, 0.5) is 0 Å². The van der Waals surface area contributed by atoms with E-state index < -0.39 is 5.97 Å². The van der Waals surface area contributed by atoms with E-state index in [1.54, 1.807) is 0 Å². The lowest BCUT2D eigenvalue weighted by Crippen LogP contribution is -2.10. The van der Waals surface area contributed by atoms with Crippen molar-refractivity contribution in [3.05, 3.63) is 12.2 Å². The van der Waals surface area contributed by atoms with Gasteiger partial charge in [-0.1, -0.05) is 116 Å². The molecular weight excluding hydrogens is 308 g/mol. The highest BCUT2D eigenvalue weighted by Crippen LogP contribution is 2.16. The number of rotatable bonds is 19. The maximum atomic E-state index is 11.3. The van der Waals surface area contributed by atoms with Gasteiger partial charge in [0.1, 0.15) is 0 Å². The summed E-state index contributed by atoms with van der Waals surface area (Å²) in [5.41, 5.74) is 0. The Morgan fingerprint density at radius 2 is 1.16 bits per heavy atom. The SMILES string of the molecule is CCCCCC=CC(CCCCCCCCCCCCCC)C(=O)O. The van der Waals surface area contributed by atoms with Crippen molar-refractivity contribution in [2.75, 3.05) is 0 Å². The summed E-state index contributed by atoms with van der Waals surface area (Å²) in [5.74, 6) is -0.931. The molecule has 0 spiro atoms. The molecule has 0 radical (unpaired) electrons. The van der Waals surface area contributed by atoms with Crippen LogP contribution in [-0.2, 0) is 4.79 Å².